The van der Waals surface area contributed by atoms with Crippen LogP contribution in [-0.4, -0.2) is 26.1 Å². The van der Waals surface area contributed by atoms with E-state index in [-0.39, 0.29) is 0 Å². The number of fused-ring (bicyclic) bond motifs is 1. The van der Waals surface area contributed by atoms with Crippen molar-refractivity contribution in [2.75, 3.05) is 6.54 Å². The van der Waals surface area contributed by atoms with Gasteiger partial charge in [-0.05, 0) is 19.1 Å². The molecule has 3 aromatic heterocycles. The van der Waals surface area contributed by atoms with Gasteiger partial charge in [-0.2, -0.15) is 4.98 Å². The van der Waals surface area contributed by atoms with Gasteiger partial charge >= 0.3 is 0 Å². The van der Waals surface area contributed by atoms with Crippen molar-refractivity contribution in [2.45, 2.75) is 19.9 Å². The molecule has 0 aliphatic rings. The number of imidazole rings is 1. The Kier molecular flexibility index (Phi) is 3.24. The molecule has 6 nitrogen and oxygen atoms in total. The summed E-state index contributed by atoms with van der Waals surface area (Å²) in [4.78, 5) is 8.51. The third kappa shape index (κ3) is 2.48. The highest BCUT2D eigenvalue weighted by molar-refractivity contribution is 5.42. The Morgan fingerprint density at radius 1 is 1.37 bits per heavy atom. The Morgan fingerprint density at radius 3 is 3.16 bits per heavy atom. The van der Waals surface area contributed by atoms with Crippen LogP contribution >= 0.6 is 0 Å². The van der Waals surface area contributed by atoms with Crippen LogP contribution in [-0.2, 0) is 13.0 Å². The van der Waals surface area contributed by atoms with Gasteiger partial charge in [0.25, 0.3) is 0 Å². The number of nitrogens with one attached hydrogen (secondary N) is 1. The predicted octanol–water partition coefficient (Wildman–Crippen LogP) is 1.36. The van der Waals surface area contributed by atoms with Gasteiger partial charge < -0.3 is 14.2 Å². The van der Waals surface area contributed by atoms with Crippen LogP contribution in [0.3, 0.4) is 0 Å². The topological polar surface area (TPSA) is 68.2 Å². The Labute approximate surface area is 110 Å². The van der Waals surface area contributed by atoms with E-state index >= 15 is 0 Å². The summed E-state index contributed by atoms with van der Waals surface area (Å²) in [5.41, 5.74) is 3.22. The van der Waals surface area contributed by atoms with Crippen LogP contribution < -0.4 is 5.32 Å². The van der Waals surface area contributed by atoms with E-state index in [4.69, 9.17) is 4.52 Å². The first-order valence-corrected chi connectivity index (χ1v) is 6.23. The van der Waals surface area contributed by atoms with Gasteiger partial charge in [-0.1, -0.05) is 11.2 Å². The summed E-state index contributed by atoms with van der Waals surface area (Å²) in [6.07, 6.45) is 4.14. The summed E-state index contributed by atoms with van der Waals surface area (Å²) >= 11 is 0. The van der Waals surface area contributed by atoms with Crippen LogP contribution in [0.25, 0.3) is 5.65 Å². The zero-order valence-corrected chi connectivity index (χ0v) is 10.7. The SMILES string of the molecule is Cc1nc2ccccn2c1CNCCc1ncon1. The van der Waals surface area contributed by atoms with Crippen molar-refractivity contribution in [2.24, 2.45) is 0 Å². The number of aryl methyl sites for hydroxylation is 1. The highest BCUT2D eigenvalue weighted by Crippen LogP contribution is 2.11. The minimum Gasteiger partial charge on any atom is -0.343 e. The van der Waals surface area contributed by atoms with Crippen molar-refractivity contribution < 1.29 is 4.52 Å². The lowest BCUT2D eigenvalue weighted by atomic mass is 10.3. The van der Waals surface area contributed by atoms with E-state index in [2.05, 4.69) is 24.8 Å². The second-order valence-corrected chi connectivity index (χ2v) is 4.35. The van der Waals surface area contributed by atoms with Gasteiger partial charge in [0.2, 0.25) is 6.39 Å². The van der Waals surface area contributed by atoms with Crippen molar-refractivity contribution in [3.05, 3.63) is 48.0 Å². The van der Waals surface area contributed by atoms with Gasteiger partial charge in [-0.25, -0.2) is 4.98 Å². The molecule has 0 spiro atoms. The summed E-state index contributed by atoms with van der Waals surface area (Å²) in [7, 11) is 0. The highest BCUT2D eigenvalue weighted by atomic mass is 16.5. The quantitative estimate of drug-likeness (QED) is 0.699. The van der Waals surface area contributed by atoms with Crippen LogP contribution in [0.15, 0.2) is 35.3 Å². The molecule has 0 atom stereocenters. The van der Waals surface area contributed by atoms with Gasteiger partial charge in [0.15, 0.2) is 5.82 Å². The number of nitrogens with zero attached hydrogens (tertiary/aromatic N) is 4. The third-order valence-corrected chi connectivity index (χ3v) is 3.05. The lowest BCUT2D eigenvalue weighted by molar-refractivity contribution is 0.409. The molecule has 19 heavy (non-hydrogen) atoms. The van der Waals surface area contributed by atoms with Gasteiger partial charge in [-0.3, -0.25) is 0 Å². The van der Waals surface area contributed by atoms with E-state index in [1.54, 1.807) is 0 Å². The molecule has 98 valence electrons. The van der Waals surface area contributed by atoms with Crippen LogP contribution in [0.1, 0.15) is 17.2 Å². The van der Waals surface area contributed by atoms with Gasteiger partial charge in [0.05, 0.1) is 11.4 Å². The van der Waals surface area contributed by atoms with E-state index in [1.807, 2.05) is 31.3 Å². The van der Waals surface area contributed by atoms with E-state index in [1.165, 1.54) is 12.1 Å². The largest absolute Gasteiger partial charge is 0.343 e. The van der Waals surface area contributed by atoms with Crippen LogP contribution in [0.2, 0.25) is 0 Å². The molecule has 6 heteroatoms. The van der Waals surface area contributed by atoms with E-state index in [9.17, 15) is 0 Å². The van der Waals surface area contributed by atoms with Crippen LogP contribution in [0.4, 0.5) is 0 Å². The summed E-state index contributed by atoms with van der Waals surface area (Å²) in [6.45, 7) is 3.61. The molecule has 0 aliphatic heterocycles. The minimum atomic E-state index is 0.724. The van der Waals surface area contributed by atoms with Crippen molar-refractivity contribution in [3.63, 3.8) is 0 Å². The summed E-state index contributed by atoms with van der Waals surface area (Å²) < 4.78 is 6.80. The molecule has 0 unspecified atom stereocenters. The Balaban J connectivity index is 1.63. The molecule has 0 radical (unpaired) electrons. The number of aromatic nitrogens is 4. The molecule has 0 aliphatic carbocycles. The fraction of sp³-hybridized carbons (Fsp3) is 0.308. The molecule has 0 saturated carbocycles. The second kappa shape index (κ2) is 5.19. The minimum absolute atomic E-state index is 0.724. The molecule has 0 fully saturated rings. The van der Waals surface area contributed by atoms with E-state index in [0.29, 0.717) is 0 Å². The predicted molar refractivity (Wildman–Crippen MR) is 69.6 cm³/mol. The first-order valence-electron chi connectivity index (χ1n) is 6.23. The summed E-state index contributed by atoms with van der Waals surface area (Å²) in [5, 5.41) is 7.15. The average molecular weight is 257 g/mol. The fourth-order valence-electron chi connectivity index (χ4n) is 2.09. The number of hydrogen-bond acceptors (Lipinski definition) is 5. The Morgan fingerprint density at radius 2 is 2.32 bits per heavy atom. The lowest BCUT2D eigenvalue weighted by Crippen LogP contribution is -2.18. The molecule has 0 amide bonds. The molecular weight excluding hydrogens is 242 g/mol. The molecule has 0 bridgehead atoms. The first-order chi connectivity index (χ1) is 9.34. The van der Waals surface area contributed by atoms with Crippen LogP contribution in [0, 0.1) is 6.92 Å². The highest BCUT2D eigenvalue weighted by Gasteiger charge is 2.07. The summed E-state index contributed by atoms with van der Waals surface area (Å²) in [6, 6.07) is 6.02. The maximum atomic E-state index is 4.69. The third-order valence-electron chi connectivity index (χ3n) is 3.05. The molecule has 3 rings (SSSR count). The van der Waals surface area contributed by atoms with Crippen molar-refractivity contribution >= 4 is 5.65 Å². The van der Waals surface area contributed by atoms with Crippen LogP contribution in [0.5, 0.6) is 0 Å². The number of pyridine rings is 1. The molecular formula is C13H15N5O. The number of hydrogen-bond donors (Lipinski definition) is 1. The zero-order valence-electron chi connectivity index (χ0n) is 10.7. The Bertz CT molecular complexity index is 659. The van der Waals surface area contributed by atoms with Gasteiger partial charge in [-0.15, -0.1) is 0 Å². The van der Waals surface area contributed by atoms with Crippen molar-refractivity contribution in [3.8, 4) is 0 Å². The molecule has 0 aromatic carbocycles. The monoisotopic (exact) mass is 257 g/mol. The number of rotatable bonds is 5. The second-order valence-electron chi connectivity index (χ2n) is 4.35. The maximum Gasteiger partial charge on any atom is 0.213 e. The van der Waals surface area contributed by atoms with Crippen molar-refractivity contribution in [1.82, 2.24) is 24.8 Å². The normalized spacial score (nSPS) is 11.2. The average Bonchev–Trinajstić information content (AvgIpc) is 3.02. The smallest absolute Gasteiger partial charge is 0.213 e. The van der Waals surface area contributed by atoms with Crippen molar-refractivity contribution in [1.29, 1.82) is 0 Å². The Hall–Kier alpha value is -2.21. The van der Waals surface area contributed by atoms with E-state index < -0.39 is 0 Å². The maximum absolute atomic E-state index is 4.69. The first kappa shape index (κ1) is 11.9. The van der Waals surface area contributed by atoms with Gasteiger partial charge in [0.1, 0.15) is 5.65 Å². The fourth-order valence-corrected chi connectivity index (χ4v) is 2.09. The standard InChI is InChI=1S/C13H15N5O/c1-10-11(18-7-3-2-4-13(18)16-10)8-14-6-5-12-15-9-19-17-12/h2-4,7,9,14H,5-6,8H2,1H3. The lowest BCUT2D eigenvalue weighted by Gasteiger charge is -2.04. The molecule has 3 heterocycles. The summed E-state index contributed by atoms with van der Waals surface area (Å²) in [5.74, 6) is 0.724. The van der Waals surface area contributed by atoms with Gasteiger partial charge in [0, 0.05) is 25.7 Å². The zero-order chi connectivity index (χ0) is 13.1. The molecule has 3 aromatic rings. The van der Waals surface area contributed by atoms with E-state index in [0.717, 1.165) is 36.7 Å². The molecule has 0 saturated heterocycles. The molecule has 1 N–H and O–H groups in total.